The summed E-state index contributed by atoms with van der Waals surface area (Å²) < 4.78 is 0. The molecule has 0 spiro atoms. The van der Waals surface area contributed by atoms with Crippen LogP contribution in [0.3, 0.4) is 0 Å². The van der Waals surface area contributed by atoms with Crippen LogP contribution in [0.15, 0.2) is 24.3 Å². The zero-order valence-corrected chi connectivity index (χ0v) is 15.9. The molecule has 26 heavy (non-hydrogen) atoms. The second-order valence-electron chi connectivity index (χ2n) is 7.63. The number of nitrogens with one attached hydrogen (secondary N) is 1. The molecule has 6 heteroatoms. The summed E-state index contributed by atoms with van der Waals surface area (Å²) in [6, 6.07) is 8.04. The molecule has 2 aliphatic rings. The van der Waals surface area contributed by atoms with Crippen LogP contribution in [0.2, 0.25) is 0 Å². The summed E-state index contributed by atoms with van der Waals surface area (Å²) in [5.74, 6) is -0.212. The summed E-state index contributed by atoms with van der Waals surface area (Å²) in [6.45, 7) is 4.43. The maximum atomic E-state index is 12.5. The predicted molar refractivity (Wildman–Crippen MR) is 104 cm³/mol. The first kappa shape index (κ1) is 18.7. The molecule has 0 bridgehead atoms. The first-order chi connectivity index (χ1) is 12.5. The molecule has 1 aromatic carbocycles. The lowest BCUT2D eigenvalue weighted by molar-refractivity contribution is -0.128. The van der Waals surface area contributed by atoms with Gasteiger partial charge in [0.15, 0.2) is 0 Å². The molecular formula is C20H30N4O2. The first-order valence-electron chi connectivity index (χ1n) is 9.61. The highest BCUT2D eigenvalue weighted by atomic mass is 16.2. The maximum absolute atomic E-state index is 12.5. The van der Waals surface area contributed by atoms with Crippen LogP contribution < -0.4 is 10.2 Å². The third kappa shape index (κ3) is 4.75. The monoisotopic (exact) mass is 358 g/mol. The van der Waals surface area contributed by atoms with Gasteiger partial charge in [-0.3, -0.25) is 9.59 Å². The molecule has 2 fully saturated rings. The fourth-order valence-electron chi connectivity index (χ4n) is 3.72. The van der Waals surface area contributed by atoms with Crippen molar-refractivity contribution in [1.82, 2.24) is 9.80 Å². The van der Waals surface area contributed by atoms with Gasteiger partial charge in [0, 0.05) is 44.0 Å². The Morgan fingerprint density at radius 3 is 2.54 bits per heavy atom. The average Bonchev–Trinajstić information content (AvgIpc) is 3.26. The number of nitrogens with zero attached hydrogens (tertiary/aromatic N) is 3. The summed E-state index contributed by atoms with van der Waals surface area (Å²) in [7, 11) is 4.05. The molecule has 0 aromatic heterocycles. The topological polar surface area (TPSA) is 55.9 Å². The highest BCUT2D eigenvalue weighted by Crippen LogP contribution is 2.24. The van der Waals surface area contributed by atoms with Gasteiger partial charge in [-0.25, -0.2) is 0 Å². The van der Waals surface area contributed by atoms with Gasteiger partial charge in [0.05, 0.1) is 5.92 Å². The van der Waals surface area contributed by atoms with Crippen LogP contribution in [-0.4, -0.2) is 68.4 Å². The Labute approximate surface area is 156 Å². The van der Waals surface area contributed by atoms with Gasteiger partial charge < -0.3 is 20.0 Å². The summed E-state index contributed by atoms with van der Waals surface area (Å²) in [6.07, 6.45) is 3.75. The molecule has 6 nitrogen and oxygen atoms in total. The number of benzene rings is 1. The minimum atomic E-state index is -0.250. The molecule has 2 saturated heterocycles. The summed E-state index contributed by atoms with van der Waals surface area (Å²) >= 11 is 0. The fraction of sp³-hybridized carbons (Fsp3) is 0.600. The Kier molecular flexibility index (Phi) is 6.14. The molecule has 2 amide bonds. The van der Waals surface area contributed by atoms with E-state index in [9.17, 15) is 9.59 Å². The summed E-state index contributed by atoms with van der Waals surface area (Å²) in [5, 5.41) is 2.97. The number of carbonyl (C=O) groups is 2. The third-order valence-electron chi connectivity index (χ3n) is 5.22. The molecule has 3 rings (SSSR count). The van der Waals surface area contributed by atoms with E-state index < -0.39 is 0 Å². The van der Waals surface area contributed by atoms with E-state index in [-0.39, 0.29) is 17.7 Å². The van der Waals surface area contributed by atoms with Crippen LogP contribution in [0, 0.1) is 5.92 Å². The molecule has 0 radical (unpaired) electrons. The zero-order chi connectivity index (χ0) is 18.5. The van der Waals surface area contributed by atoms with Crippen LogP contribution in [0.1, 0.15) is 25.7 Å². The Bertz CT molecular complexity index is 623. The van der Waals surface area contributed by atoms with E-state index in [2.05, 4.69) is 27.2 Å². The number of carbonyl (C=O) groups excluding carboxylic acids is 2. The Hall–Kier alpha value is -2.08. The quantitative estimate of drug-likeness (QED) is 0.810. The smallest absolute Gasteiger partial charge is 0.229 e. The highest BCUT2D eigenvalue weighted by molar-refractivity contribution is 5.97. The zero-order valence-electron chi connectivity index (χ0n) is 15.9. The Morgan fingerprint density at radius 1 is 1.19 bits per heavy atom. The summed E-state index contributed by atoms with van der Waals surface area (Å²) in [5.41, 5.74) is 2.01. The predicted octanol–water partition coefficient (Wildman–Crippen LogP) is 2.03. The normalized spacial score (nSPS) is 20.3. The van der Waals surface area contributed by atoms with Crippen LogP contribution in [0.25, 0.3) is 0 Å². The molecule has 2 heterocycles. The average molecular weight is 358 g/mol. The third-order valence-corrected chi connectivity index (χ3v) is 5.22. The highest BCUT2D eigenvalue weighted by Gasteiger charge is 2.33. The Morgan fingerprint density at radius 2 is 1.88 bits per heavy atom. The van der Waals surface area contributed by atoms with Crippen molar-refractivity contribution in [1.29, 1.82) is 0 Å². The van der Waals surface area contributed by atoms with Gasteiger partial charge >= 0.3 is 0 Å². The maximum Gasteiger partial charge on any atom is 0.229 e. The Balaban J connectivity index is 1.49. The van der Waals surface area contributed by atoms with Crippen LogP contribution in [0.4, 0.5) is 11.4 Å². The number of hydrogen-bond acceptors (Lipinski definition) is 4. The number of hydrogen-bond donors (Lipinski definition) is 1. The van der Waals surface area contributed by atoms with Crippen molar-refractivity contribution in [2.45, 2.75) is 25.7 Å². The largest absolute Gasteiger partial charge is 0.372 e. The van der Waals surface area contributed by atoms with E-state index in [4.69, 9.17) is 0 Å². The van der Waals surface area contributed by atoms with Crippen molar-refractivity contribution in [3.63, 3.8) is 0 Å². The lowest BCUT2D eigenvalue weighted by Gasteiger charge is -2.19. The fourth-order valence-corrected chi connectivity index (χ4v) is 3.72. The van der Waals surface area contributed by atoms with E-state index in [1.165, 1.54) is 18.5 Å². The molecule has 1 aromatic rings. The molecule has 1 unspecified atom stereocenters. The van der Waals surface area contributed by atoms with Gasteiger partial charge in [0.25, 0.3) is 0 Å². The van der Waals surface area contributed by atoms with Gasteiger partial charge in [-0.05, 0) is 64.2 Å². The number of rotatable bonds is 7. The standard InChI is InChI=1S/C20H30N4O2/c1-22(2)10-5-13-24-15-16(14-19(24)25)20(26)21-17-6-8-18(9-7-17)23-11-3-4-12-23/h6-9,16H,3-5,10-15H2,1-2H3,(H,21,26). The van der Waals surface area contributed by atoms with Crippen LogP contribution in [-0.2, 0) is 9.59 Å². The number of likely N-dealkylation sites (tertiary alicyclic amines) is 1. The number of amides is 2. The van der Waals surface area contributed by atoms with E-state index in [1.807, 2.05) is 31.1 Å². The lowest BCUT2D eigenvalue weighted by atomic mass is 10.1. The van der Waals surface area contributed by atoms with Gasteiger partial charge in [-0.2, -0.15) is 0 Å². The van der Waals surface area contributed by atoms with Gasteiger partial charge in [-0.1, -0.05) is 0 Å². The van der Waals surface area contributed by atoms with Crippen molar-refractivity contribution in [2.24, 2.45) is 5.92 Å². The van der Waals surface area contributed by atoms with E-state index in [0.29, 0.717) is 13.0 Å². The number of anilines is 2. The van der Waals surface area contributed by atoms with E-state index >= 15 is 0 Å². The minimum Gasteiger partial charge on any atom is -0.372 e. The molecular weight excluding hydrogens is 328 g/mol. The first-order valence-corrected chi connectivity index (χ1v) is 9.61. The molecule has 0 saturated carbocycles. The van der Waals surface area contributed by atoms with Crippen LogP contribution in [0.5, 0.6) is 0 Å². The van der Waals surface area contributed by atoms with Gasteiger partial charge in [0.1, 0.15) is 0 Å². The van der Waals surface area contributed by atoms with E-state index in [0.717, 1.165) is 38.3 Å². The second-order valence-corrected chi connectivity index (χ2v) is 7.63. The molecule has 2 aliphatic heterocycles. The second kappa shape index (κ2) is 8.54. The van der Waals surface area contributed by atoms with Crippen molar-refractivity contribution < 1.29 is 9.59 Å². The molecule has 1 N–H and O–H groups in total. The van der Waals surface area contributed by atoms with Gasteiger partial charge in [-0.15, -0.1) is 0 Å². The van der Waals surface area contributed by atoms with Crippen molar-refractivity contribution >= 4 is 23.2 Å². The van der Waals surface area contributed by atoms with Crippen molar-refractivity contribution in [2.75, 3.05) is 57.0 Å². The summed E-state index contributed by atoms with van der Waals surface area (Å²) in [4.78, 5) is 31.0. The molecule has 142 valence electrons. The minimum absolute atomic E-state index is 0.0533. The van der Waals surface area contributed by atoms with Gasteiger partial charge in [0.2, 0.25) is 11.8 Å². The van der Waals surface area contributed by atoms with E-state index in [1.54, 1.807) is 0 Å². The molecule has 1 atom stereocenters. The van der Waals surface area contributed by atoms with Crippen molar-refractivity contribution in [3.05, 3.63) is 24.3 Å². The SMILES string of the molecule is CN(C)CCCN1CC(C(=O)Nc2ccc(N3CCCC3)cc2)CC1=O. The lowest BCUT2D eigenvalue weighted by Crippen LogP contribution is -2.30. The molecule has 0 aliphatic carbocycles. The van der Waals surface area contributed by atoms with Crippen molar-refractivity contribution in [3.8, 4) is 0 Å². The van der Waals surface area contributed by atoms with Crippen LogP contribution >= 0.6 is 0 Å².